The molecule has 0 fully saturated rings. The summed E-state index contributed by atoms with van der Waals surface area (Å²) >= 11 is 1.14. The van der Waals surface area contributed by atoms with Crippen LogP contribution in [0.15, 0.2) is 15.7 Å². The zero-order valence-corrected chi connectivity index (χ0v) is 13.1. The van der Waals surface area contributed by atoms with Crippen LogP contribution in [0.1, 0.15) is 25.5 Å². The highest BCUT2D eigenvalue weighted by molar-refractivity contribution is 7.99. The van der Waals surface area contributed by atoms with E-state index in [9.17, 15) is 4.79 Å². The highest BCUT2D eigenvalue weighted by Gasteiger charge is 2.14. The number of hydrogen-bond acceptors (Lipinski definition) is 7. The van der Waals surface area contributed by atoms with Crippen LogP contribution in [0.25, 0.3) is 11.6 Å². The van der Waals surface area contributed by atoms with Gasteiger partial charge in [0.05, 0.1) is 7.11 Å². The molecule has 0 amide bonds. The molecule has 0 aliphatic carbocycles. The number of nitrogens with zero attached hydrogens (tertiary/aromatic N) is 4. The summed E-state index contributed by atoms with van der Waals surface area (Å²) in [6.07, 6.45) is 2.19. The van der Waals surface area contributed by atoms with E-state index in [1.54, 1.807) is 0 Å². The number of esters is 1. The van der Waals surface area contributed by atoms with Gasteiger partial charge in [-0.2, -0.15) is 5.10 Å². The zero-order valence-electron chi connectivity index (χ0n) is 12.3. The van der Waals surface area contributed by atoms with Gasteiger partial charge in [-0.1, -0.05) is 25.1 Å². The molecule has 0 aromatic carbocycles. The van der Waals surface area contributed by atoms with Gasteiger partial charge >= 0.3 is 5.97 Å². The van der Waals surface area contributed by atoms with Crippen molar-refractivity contribution in [1.82, 2.24) is 20.0 Å². The summed E-state index contributed by atoms with van der Waals surface area (Å²) in [6, 6.07) is 1.91. The van der Waals surface area contributed by atoms with Gasteiger partial charge in [-0.25, -0.2) is 0 Å². The van der Waals surface area contributed by atoms with E-state index in [-0.39, 0.29) is 11.7 Å². The Hall–Kier alpha value is -1.83. The second-order valence-corrected chi connectivity index (χ2v) is 5.41. The van der Waals surface area contributed by atoms with Gasteiger partial charge < -0.3 is 9.15 Å². The predicted molar refractivity (Wildman–Crippen MR) is 77.9 cm³/mol. The predicted octanol–water partition coefficient (Wildman–Crippen LogP) is 2.31. The lowest BCUT2D eigenvalue weighted by molar-refractivity contribution is -0.137. The van der Waals surface area contributed by atoms with Crippen molar-refractivity contribution in [3.05, 3.63) is 11.8 Å². The summed E-state index contributed by atoms with van der Waals surface area (Å²) in [5, 5.41) is 12.6. The molecule has 2 heterocycles. The van der Waals surface area contributed by atoms with Crippen LogP contribution in [-0.2, 0) is 16.1 Å². The smallest absolute Gasteiger partial charge is 0.316 e. The number of ether oxygens (including phenoxy) is 1. The minimum absolute atomic E-state index is 0.141. The molecule has 8 heteroatoms. The topological polar surface area (TPSA) is 83.0 Å². The van der Waals surface area contributed by atoms with Gasteiger partial charge in [-0.3, -0.25) is 9.48 Å². The molecular formula is C13H18N4O3S. The Morgan fingerprint density at radius 1 is 1.48 bits per heavy atom. The molecule has 0 saturated heterocycles. The van der Waals surface area contributed by atoms with Gasteiger partial charge in [-0.15, -0.1) is 10.2 Å². The third kappa shape index (κ3) is 4.07. The highest BCUT2D eigenvalue weighted by Crippen LogP contribution is 2.23. The normalized spacial score (nSPS) is 10.8. The Bertz CT molecular complexity index is 608. The first kappa shape index (κ1) is 15.6. The molecule has 2 aromatic rings. The fourth-order valence-electron chi connectivity index (χ4n) is 1.70. The van der Waals surface area contributed by atoms with Crippen molar-refractivity contribution in [1.29, 1.82) is 0 Å². The van der Waals surface area contributed by atoms with E-state index >= 15 is 0 Å². The maximum absolute atomic E-state index is 11.1. The summed E-state index contributed by atoms with van der Waals surface area (Å²) in [7, 11) is 1.34. The Labute approximate surface area is 127 Å². The van der Waals surface area contributed by atoms with E-state index in [2.05, 4.69) is 27.0 Å². The van der Waals surface area contributed by atoms with Crippen LogP contribution < -0.4 is 0 Å². The summed E-state index contributed by atoms with van der Waals surface area (Å²) < 4.78 is 12.0. The molecular weight excluding hydrogens is 292 g/mol. The molecule has 0 saturated carbocycles. The average molecular weight is 310 g/mol. The second-order valence-electron chi connectivity index (χ2n) is 4.49. The van der Waals surface area contributed by atoms with Crippen molar-refractivity contribution >= 4 is 17.7 Å². The molecule has 0 radical (unpaired) electrons. The Kier molecular flexibility index (Phi) is 5.38. The highest BCUT2D eigenvalue weighted by atomic mass is 32.2. The number of unbranched alkanes of at least 4 members (excludes halogenated alkanes) is 1. The number of carbonyl (C=O) groups excluding carboxylic acids is 1. The number of methoxy groups -OCH3 is 1. The van der Waals surface area contributed by atoms with Crippen LogP contribution in [-0.4, -0.2) is 38.8 Å². The lowest BCUT2D eigenvalue weighted by atomic mass is 10.3. The van der Waals surface area contributed by atoms with E-state index in [4.69, 9.17) is 4.42 Å². The van der Waals surface area contributed by atoms with Gasteiger partial charge in [-0.05, 0) is 19.4 Å². The maximum Gasteiger partial charge on any atom is 0.316 e. The first-order chi connectivity index (χ1) is 10.1. The van der Waals surface area contributed by atoms with Crippen molar-refractivity contribution in [3.63, 3.8) is 0 Å². The van der Waals surface area contributed by atoms with Crippen molar-refractivity contribution < 1.29 is 13.9 Å². The molecule has 2 rings (SSSR count). The summed E-state index contributed by atoms with van der Waals surface area (Å²) in [5.41, 5.74) is 1.71. The number of carbonyl (C=O) groups is 1. The maximum atomic E-state index is 11.1. The van der Waals surface area contributed by atoms with Gasteiger partial charge in [0.1, 0.15) is 11.4 Å². The first-order valence-corrected chi connectivity index (χ1v) is 7.70. The van der Waals surface area contributed by atoms with Gasteiger partial charge in [0, 0.05) is 12.2 Å². The van der Waals surface area contributed by atoms with Crippen molar-refractivity contribution in [2.75, 3.05) is 12.9 Å². The third-order valence-corrected chi connectivity index (χ3v) is 3.66. The van der Waals surface area contributed by atoms with E-state index in [1.807, 2.05) is 17.7 Å². The second kappa shape index (κ2) is 7.26. The van der Waals surface area contributed by atoms with Crippen molar-refractivity contribution in [3.8, 4) is 11.6 Å². The summed E-state index contributed by atoms with van der Waals surface area (Å²) in [4.78, 5) is 11.1. The molecule has 0 N–H and O–H groups in total. The van der Waals surface area contributed by atoms with Crippen LogP contribution in [0, 0.1) is 6.92 Å². The van der Waals surface area contributed by atoms with Gasteiger partial charge in [0.25, 0.3) is 11.1 Å². The molecule has 0 aliphatic rings. The SMILES string of the molecule is CCCCn1nc(-c2nnc(SCC(=O)OC)o2)cc1C. The summed E-state index contributed by atoms with van der Waals surface area (Å²) in [6.45, 7) is 5.01. The van der Waals surface area contributed by atoms with Crippen LogP contribution in [0.4, 0.5) is 0 Å². The fraction of sp³-hybridized carbons (Fsp3) is 0.538. The lowest BCUT2D eigenvalue weighted by Crippen LogP contribution is -2.02. The average Bonchev–Trinajstić information content (AvgIpc) is 3.09. The number of rotatable bonds is 7. The third-order valence-electron chi connectivity index (χ3n) is 2.87. The Morgan fingerprint density at radius 2 is 2.29 bits per heavy atom. The van der Waals surface area contributed by atoms with Crippen LogP contribution in [0.3, 0.4) is 0 Å². The van der Waals surface area contributed by atoms with Gasteiger partial charge in [0.15, 0.2) is 0 Å². The van der Waals surface area contributed by atoms with E-state index in [1.165, 1.54) is 7.11 Å². The van der Waals surface area contributed by atoms with E-state index in [0.717, 1.165) is 36.8 Å². The summed E-state index contributed by atoms with van der Waals surface area (Å²) in [5.74, 6) is 0.169. The van der Waals surface area contributed by atoms with Crippen molar-refractivity contribution in [2.45, 2.75) is 38.5 Å². The molecule has 0 atom stereocenters. The zero-order chi connectivity index (χ0) is 15.2. The molecule has 0 unspecified atom stereocenters. The number of aromatic nitrogens is 4. The molecule has 0 bridgehead atoms. The largest absolute Gasteiger partial charge is 0.468 e. The van der Waals surface area contributed by atoms with Crippen molar-refractivity contribution in [2.24, 2.45) is 0 Å². The molecule has 114 valence electrons. The Balaban J connectivity index is 2.05. The molecule has 0 spiro atoms. The first-order valence-electron chi connectivity index (χ1n) is 6.72. The van der Waals surface area contributed by atoms with E-state index in [0.29, 0.717) is 16.8 Å². The monoisotopic (exact) mass is 310 g/mol. The van der Waals surface area contributed by atoms with Gasteiger partial charge in [0.2, 0.25) is 0 Å². The Morgan fingerprint density at radius 3 is 3.00 bits per heavy atom. The molecule has 21 heavy (non-hydrogen) atoms. The minimum atomic E-state index is -0.334. The minimum Gasteiger partial charge on any atom is -0.468 e. The number of thioether (sulfide) groups is 1. The molecule has 7 nitrogen and oxygen atoms in total. The number of hydrogen-bond donors (Lipinski definition) is 0. The molecule has 2 aromatic heterocycles. The van der Waals surface area contributed by atoms with E-state index < -0.39 is 0 Å². The number of aryl methyl sites for hydroxylation is 2. The van der Waals surface area contributed by atoms with Crippen LogP contribution >= 0.6 is 11.8 Å². The van der Waals surface area contributed by atoms with Crippen LogP contribution in [0.2, 0.25) is 0 Å². The fourth-order valence-corrected chi connectivity index (χ4v) is 2.30. The lowest BCUT2D eigenvalue weighted by Gasteiger charge is -2.01. The standard InChI is InChI=1S/C13H18N4O3S/c1-4-5-6-17-9(2)7-10(16-17)12-14-15-13(20-12)21-8-11(18)19-3/h7H,4-6,8H2,1-3H3. The quantitative estimate of drug-likeness (QED) is 0.573. The van der Waals surface area contributed by atoms with Crippen LogP contribution in [0.5, 0.6) is 0 Å². The molecule has 0 aliphatic heterocycles.